The van der Waals surface area contributed by atoms with Gasteiger partial charge >= 0.3 is 0 Å². The van der Waals surface area contributed by atoms with Gasteiger partial charge in [-0.3, -0.25) is 4.90 Å². The van der Waals surface area contributed by atoms with Gasteiger partial charge < -0.3 is 15.0 Å². The van der Waals surface area contributed by atoms with Crippen molar-refractivity contribution in [2.24, 2.45) is 0 Å². The van der Waals surface area contributed by atoms with Gasteiger partial charge in [0.2, 0.25) is 0 Å². The third kappa shape index (κ3) is 4.14. The summed E-state index contributed by atoms with van der Waals surface area (Å²) in [5.41, 5.74) is 9.45. The van der Waals surface area contributed by atoms with Crippen molar-refractivity contribution >= 4 is 41.7 Å². The van der Waals surface area contributed by atoms with Crippen LogP contribution < -0.4 is 10.5 Å². The number of fused-ring (bicyclic) bond motifs is 2. The Bertz CT molecular complexity index is 1230. The molecule has 172 valence electrons. The van der Waals surface area contributed by atoms with E-state index in [9.17, 15) is 0 Å². The highest BCUT2D eigenvalue weighted by atomic mass is 35.5. The van der Waals surface area contributed by atoms with Gasteiger partial charge in [0, 0.05) is 24.3 Å². The van der Waals surface area contributed by atoms with E-state index in [1.807, 2.05) is 42.5 Å². The lowest BCUT2D eigenvalue weighted by Crippen LogP contribution is -2.27. The fraction of sp³-hybridized carbons (Fsp3) is 0.280. The van der Waals surface area contributed by atoms with E-state index in [-0.39, 0.29) is 24.8 Å². The molecule has 0 aliphatic carbocycles. The summed E-state index contributed by atoms with van der Waals surface area (Å²) in [7, 11) is 0. The van der Waals surface area contributed by atoms with E-state index < -0.39 is 0 Å². The molecule has 6 rings (SSSR count). The van der Waals surface area contributed by atoms with E-state index in [1.165, 1.54) is 19.4 Å². The van der Waals surface area contributed by atoms with Crippen LogP contribution in [0.3, 0.4) is 0 Å². The Hall–Kier alpha value is -2.80. The first-order valence-corrected chi connectivity index (χ1v) is 11.0. The van der Waals surface area contributed by atoms with Gasteiger partial charge in [0.15, 0.2) is 0 Å². The first-order chi connectivity index (χ1) is 15.3. The smallest absolute Gasteiger partial charge is 0.146 e. The zero-order valence-electron chi connectivity index (χ0n) is 18.1. The molecule has 4 heterocycles. The number of aromatic nitrogens is 3. The number of nitrogens with two attached hydrogens (primary N) is 1. The Morgan fingerprint density at radius 1 is 0.848 bits per heavy atom. The lowest BCUT2D eigenvalue weighted by atomic mass is 10.1. The SMILES string of the molecule is Cl.Cl.Nc1ncnc2c1c(-c1ccc(Oc3ccccc3)cc1)cn2C1CCN2CCCC12. The van der Waals surface area contributed by atoms with Crippen LogP contribution in [0.25, 0.3) is 22.2 Å². The van der Waals surface area contributed by atoms with Crippen molar-refractivity contribution in [1.82, 2.24) is 19.4 Å². The summed E-state index contributed by atoms with van der Waals surface area (Å²) in [6, 6.07) is 19.0. The molecule has 2 unspecified atom stereocenters. The molecule has 0 amide bonds. The molecular formula is C25H27Cl2N5O. The number of nitrogen functional groups attached to an aromatic ring is 1. The van der Waals surface area contributed by atoms with Gasteiger partial charge in [0.25, 0.3) is 0 Å². The lowest BCUT2D eigenvalue weighted by Gasteiger charge is -2.22. The number of rotatable bonds is 4. The Kier molecular flexibility index (Phi) is 6.79. The minimum atomic E-state index is 0. The Morgan fingerprint density at radius 2 is 1.61 bits per heavy atom. The summed E-state index contributed by atoms with van der Waals surface area (Å²) in [6.45, 7) is 2.38. The van der Waals surface area contributed by atoms with Crippen LogP contribution >= 0.6 is 24.8 Å². The summed E-state index contributed by atoms with van der Waals surface area (Å²) in [6.07, 6.45) is 7.51. The Morgan fingerprint density at radius 3 is 2.39 bits per heavy atom. The van der Waals surface area contributed by atoms with Crippen LogP contribution in [-0.4, -0.2) is 38.6 Å². The van der Waals surface area contributed by atoms with Gasteiger partial charge in [-0.1, -0.05) is 30.3 Å². The number of ether oxygens (including phenoxy) is 1. The third-order valence-corrected chi connectivity index (χ3v) is 6.71. The molecule has 33 heavy (non-hydrogen) atoms. The highest BCUT2D eigenvalue weighted by molar-refractivity contribution is 6.00. The Labute approximate surface area is 205 Å². The molecule has 2 N–H and O–H groups in total. The van der Waals surface area contributed by atoms with Gasteiger partial charge in [-0.15, -0.1) is 24.8 Å². The fourth-order valence-electron chi connectivity index (χ4n) is 5.29. The molecule has 2 aliphatic rings. The van der Waals surface area contributed by atoms with Gasteiger partial charge in [-0.05, 0) is 55.6 Å². The molecular weight excluding hydrogens is 457 g/mol. The second-order valence-electron chi connectivity index (χ2n) is 8.45. The standard InChI is InChI=1S/C25H25N5O.2ClH/c26-24-23-20(17-8-10-19(11-9-17)31-18-5-2-1-3-6-18)15-30(25(23)28-16-27-24)22-12-14-29-13-4-7-21(22)29;;/h1-3,5-6,8-11,15-16,21-22H,4,7,12-14H2,(H2,26,27,28);2*1H. The van der Waals surface area contributed by atoms with Gasteiger partial charge in [-0.2, -0.15) is 0 Å². The zero-order valence-corrected chi connectivity index (χ0v) is 19.8. The lowest BCUT2D eigenvalue weighted by molar-refractivity contribution is 0.292. The molecule has 2 fully saturated rings. The molecule has 2 saturated heterocycles. The third-order valence-electron chi connectivity index (χ3n) is 6.71. The minimum Gasteiger partial charge on any atom is -0.457 e. The molecule has 2 aromatic carbocycles. The molecule has 0 saturated carbocycles. The van der Waals surface area contributed by atoms with Crippen LogP contribution in [0.15, 0.2) is 67.1 Å². The topological polar surface area (TPSA) is 69.2 Å². The fourth-order valence-corrected chi connectivity index (χ4v) is 5.29. The first-order valence-electron chi connectivity index (χ1n) is 11.0. The quantitative estimate of drug-likeness (QED) is 0.401. The summed E-state index contributed by atoms with van der Waals surface area (Å²) >= 11 is 0. The number of hydrogen-bond donors (Lipinski definition) is 1. The van der Waals surface area contributed by atoms with Crippen molar-refractivity contribution in [1.29, 1.82) is 0 Å². The van der Waals surface area contributed by atoms with Crippen molar-refractivity contribution in [3.63, 3.8) is 0 Å². The number of anilines is 1. The normalized spacial score (nSPS) is 19.6. The second-order valence-corrected chi connectivity index (χ2v) is 8.45. The highest BCUT2D eigenvalue weighted by Crippen LogP contribution is 2.41. The molecule has 8 heteroatoms. The summed E-state index contributed by atoms with van der Waals surface area (Å²) < 4.78 is 8.31. The first kappa shape index (κ1) is 23.4. The molecule has 0 bridgehead atoms. The predicted molar refractivity (Wildman–Crippen MR) is 137 cm³/mol. The van der Waals surface area contributed by atoms with E-state index in [0.717, 1.165) is 46.6 Å². The molecule has 0 radical (unpaired) electrons. The number of para-hydroxylation sites is 1. The molecule has 2 aliphatic heterocycles. The van der Waals surface area contributed by atoms with Crippen molar-refractivity contribution in [2.45, 2.75) is 31.3 Å². The molecule has 6 nitrogen and oxygen atoms in total. The maximum Gasteiger partial charge on any atom is 0.146 e. The van der Waals surface area contributed by atoms with Crippen LogP contribution in [0, 0.1) is 0 Å². The van der Waals surface area contributed by atoms with Crippen LogP contribution in [-0.2, 0) is 0 Å². The van der Waals surface area contributed by atoms with Crippen molar-refractivity contribution in [2.75, 3.05) is 18.8 Å². The van der Waals surface area contributed by atoms with Crippen molar-refractivity contribution < 1.29 is 4.74 Å². The molecule has 0 spiro atoms. The van der Waals surface area contributed by atoms with E-state index in [1.54, 1.807) is 6.33 Å². The maximum atomic E-state index is 6.35. The average molecular weight is 484 g/mol. The highest BCUT2D eigenvalue weighted by Gasteiger charge is 2.39. The van der Waals surface area contributed by atoms with Crippen molar-refractivity contribution in [3.05, 3.63) is 67.1 Å². The number of hydrogen-bond acceptors (Lipinski definition) is 5. The van der Waals surface area contributed by atoms with Gasteiger partial charge in [0.1, 0.15) is 29.3 Å². The van der Waals surface area contributed by atoms with E-state index in [2.05, 4.69) is 37.8 Å². The van der Waals surface area contributed by atoms with E-state index >= 15 is 0 Å². The van der Waals surface area contributed by atoms with E-state index in [4.69, 9.17) is 10.5 Å². The van der Waals surface area contributed by atoms with Gasteiger partial charge in [-0.25, -0.2) is 9.97 Å². The second kappa shape index (κ2) is 9.59. The van der Waals surface area contributed by atoms with Gasteiger partial charge in [0.05, 0.1) is 11.4 Å². The number of nitrogens with zero attached hydrogens (tertiary/aromatic N) is 4. The maximum absolute atomic E-state index is 6.35. The Balaban J connectivity index is 0.00000130. The van der Waals surface area contributed by atoms with Crippen LogP contribution in [0.2, 0.25) is 0 Å². The average Bonchev–Trinajstić information content (AvgIpc) is 3.50. The van der Waals surface area contributed by atoms with Crippen molar-refractivity contribution in [3.8, 4) is 22.6 Å². The molecule has 2 aromatic heterocycles. The number of halogens is 2. The minimum absolute atomic E-state index is 0. The van der Waals surface area contributed by atoms with Crippen LogP contribution in [0.4, 0.5) is 5.82 Å². The van der Waals surface area contributed by atoms with E-state index in [0.29, 0.717) is 17.9 Å². The molecule has 4 aromatic rings. The monoisotopic (exact) mass is 483 g/mol. The molecule has 2 atom stereocenters. The zero-order chi connectivity index (χ0) is 20.8. The van der Waals surface area contributed by atoms with Crippen LogP contribution in [0.1, 0.15) is 25.3 Å². The number of benzene rings is 2. The summed E-state index contributed by atoms with van der Waals surface area (Å²) in [5.74, 6) is 2.16. The summed E-state index contributed by atoms with van der Waals surface area (Å²) in [5, 5.41) is 0.940. The predicted octanol–water partition coefficient (Wildman–Crippen LogP) is 5.73. The summed E-state index contributed by atoms with van der Waals surface area (Å²) in [4.78, 5) is 11.6. The largest absolute Gasteiger partial charge is 0.457 e. The van der Waals surface area contributed by atoms with Crippen LogP contribution in [0.5, 0.6) is 11.5 Å².